The number of hydrazine groups is 1. The molecule has 0 radical (unpaired) electrons. The van der Waals surface area contributed by atoms with Crippen molar-refractivity contribution in [1.29, 1.82) is 0 Å². The van der Waals surface area contributed by atoms with Crippen molar-refractivity contribution in [2.75, 3.05) is 11.7 Å². The second kappa shape index (κ2) is 4.25. The van der Waals surface area contributed by atoms with Crippen LogP contribution < -0.4 is 15.8 Å². The zero-order valence-corrected chi connectivity index (χ0v) is 10.5. The van der Waals surface area contributed by atoms with E-state index in [-0.39, 0.29) is 12.6 Å². The number of H-pyrrole nitrogens is 1. The molecular formula is C11H16N4O3. The lowest BCUT2D eigenvalue weighted by Crippen LogP contribution is -2.53. The van der Waals surface area contributed by atoms with Gasteiger partial charge in [-0.05, 0) is 26.8 Å². The summed E-state index contributed by atoms with van der Waals surface area (Å²) in [7, 11) is 0. The van der Waals surface area contributed by atoms with Crippen molar-refractivity contribution in [3.63, 3.8) is 0 Å². The molecule has 0 atom stereocenters. The number of carbonyl (C=O) groups is 2. The van der Waals surface area contributed by atoms with Crippen LogP contribution in [0.3, 0.4) is 0 Å². The molecule has 3 N–H and O–H groups in total. The van der Waals surface area contributed by atoms with E-state index < -0.39 is 11.7 Å². The molecular weight excluding hydrogens is 236 g/mol. The number of aromatic amines is 1. The Morgan fingerprint density at radius 3 is 2.89 bits per heavy atom. The second-order valence-electron chi connectivity index (χ2n) is 4.95. The number of hydrogen-bond acceptors (Lipinski definition) is 4. The number of aromatic nitrogens is 1. The third-order valence-electron chi connectivity index (χ3n) is 2.26. The number of hydrogen-bond donors (Lipinski definition) is 3. The maximum absolute atomic E-state index is 11.6. The standard InChI is InChI=1S/C11H16N4O3/c1-11(2,3)18-10(17)14-15-6-13-9(16)7-4-5-12-8(7)15/h4-5,12H,6H2,1-3H3,(H,13,16)(H,14,17). The van der Waals surface area contributed by atoms with Gasteiger partial charge < -0.3 is 15.0 Å². The van der Waals surface area contributed by atoms with Crippen molar-refractivity contribution >= 4 is 17.8 Å². The van der Waals surface area contributed by atoms with E-state index in [1.165, 1.54) is 5.01 Å². The molecule has 18 heavy (non-hydrogen) atoms. The van der Waals surface area contributed by atoms with Crippen LogP contribution in [0.25, 0.3) is 0 Å². The van der Waals surface area contributed by atoms with Crippen LogP contribution in [0.15, 0.2) is 12.3 Å². The summed E-state index contributed by atoms with van der Waals surface area (Å²) in [4.78, 5) is 26.0. The average molecular weight is 252 g/mol. The molecule has 2 amide bonds. The number of nitrogens with one attached hydrogen (secondary N) is 3. The van der Waals surface area contributed by atoms with Crippen LogP contribution in [0.5, 0.6) is 0 Å². The van der Waals surface area contributed by atoms with Crippen molar-refractivity contribution in [2.45, 2.75) is 26.4 Å². The van der Waals surface area contributed by atoms with Gasteiger partial charge >= 0.3 is 6.09 Å². The first-order chi connectivity index (χ1) is 8.37. The molecule has 0 bridgehead atoms. The molecule has 0 spiro atoms. The Balaban J connectivity index is 2.06. The maximum Gasteiger partial charge on any atom is 0.426 e. The molecule has 0 aliphatic carbocycles. The summed E-state index contributed by atoms with van der Waals surface area (Å²) in [5, 5.41) is 4.13. The molecule has 1 aliphatic heterocycles. The average Bonchev–Trinajstić information content (AvgIpc) is 2.69. The monoisotopic (exact) mass is 252 g/mol. The number of anilines is 1. The van der Waals surface area contributed by atoms with E-state index >= 15 is 0 Å². The van der Waals surface area contributed by atoms with Crippen molar-refractivity contribution < 1.29 is 14.3 Å². The second-order valence-corrected chi connectivity index (χ2v) is 4.95. The lowest BCUT2D eigenvalue weighted by Gasteiger charge is -2.30. The van der Waals surface area contributed by atoms with Crippen LogP contribution in [0.1, 0.15) is 31.1 Å². The molecule has 0 saturated carbocycles. The Morgan fingerprint density at radius 2 is 2.22 bits per heavy atom. The van der Waals surface area contributed by atoms with E-state index in [1.807, 2.05) is 0 Å². The summed E-state index contributed by atoms with van der Waals surface area (Å²) < 4.78 is 5.14. The molecule has 2 rings (SSSR count). The van der Waals surface area contributed by atoms with Crippen LogP contribution in [0, 0.1) is 0 Å². The Kier molecular flexibility index (Phi) is 2.90. The summed E-state index contributed by atoms with van der Waals surface area (Å²) >= 11 is 0. The Hall–Kier alpha value is -2.18. The van der Waals surface area contributed by atoms with E-state index in [9.17, 15) is 9.59 Å². The van der Waals surface area contributed by atoms with Gasteiger partial charge in [0.15, 0.2) is 0 Å². The van der Waals surface area contributed by atoms with Crippen molar-refractivity contribution in [1.82, 2.24) is 15.7 Å². The summed E-state index contributed by atoms with van der Waals surface area (Å²) in [6.45, 7) is 5.53. The quantitative estimate of drug-likeness (QED) is 0.695. The molecule has 0 fully saturated rings. The summed E-state index contributed by atoms with van der Waals surface area (Å²) in [5.74, 6) is 0.373. The Labute approximate surface area is 104 Å². The third-order valence-corrected chi connectivity index (χ3v) is 2.26. The SMILES string of the molecule is CC(C)(C)OC(=O)NN1CNC(=O)c2cc[nH]c21. The third kappa shape index (κ3) is 2.55. The first-order valence-corrected chi connectivity index (χ1v) is 5.59. The Morgan fingerprint density at radius 1 is 1.50 bits per heavy atom. The number of rotatable bonds is 1. The van der Waals surface area contributed by atoms with Gasteiger partial charge in [0.25, 0.3) is 5.91 Å². The van der Waals surface area contributed by atoms with Crippen molar-refractivity contribution in [2.24, 2.45) is 0 Å². The first-order valence-electron chi connectivity index (χ1n) is 5.59. The van der Waals surface area contributed by atoms with Crippen LogP contribution in [0.2, 0.25) is 0 Å². The number of fused-ring (bicyclic) bond motifs is 1. The fraction of sp³-hybridized carbons (Fsp3) is 0.455. The summed E-state index contributed by atoms with van der Waals surface area (Å²) in [6.07, 6.45) is 1.07. The minimum atomic E-state index is -0.570. The van der Waals surface area contributed by atoms with Crippen molar-refractivity contribution in [3.05, 3.63) is 17.8 Å². The molecule has 7 nitrogen and oxygen atoms in total. The minimum Gasteiger partial charge on any atom is -0.443 e. The van der Waals surface area contributed by atoms with Gasteiger partial charge in [-0.15, -0.1) is 0 Å². The van der Waals surface area contributed by atoms with Gasteiger partial charge in [0.2, 0.25) is 0 Å². The number of ether oxygens (including phenoxy) is 1. The van der Waals surface area contributed by atoms with E-state index in [0.29, 0.717) is 11.4 Å². The van der Waals surface area contributed by atoms with Crippen LogP contribution >= 0.6 is 0 Å². The van der Waals surface area contributed by atoms with Crippen LogP contribution in [0.4, 0.5) is 10.6 Å². The Bertz CT molecular complexity index is 475. The fourth-order valence-corrected chi connectivity index (χ4v) is 1.60. The zero-order chi connectivity index (χ0) is 13.3. The van der Waals surface area contributed by atoms with Gasteiger partial charge in [-0.3, -0.25) is 4.79 Å². The zero-order valence-electron chi connectivity index (χ0n) is 10.5. The van der Waals surface area contributed by atoms with Gasteiger partial charge in [0.1, 0.15) is 18.1 Å². The van der Waals surface area contributed by atoms with E-state index in [2.05, 4.69) is 15.7 Å². The molecule has 2 heterocycles. The highest BCUT2D eigenvalue weighted by atomic mass is 16.6. The lowest BCUT2D eigenvalue weighted by atomic mass is 10.2. The van der Waals surface area contributed by atoms with E-state index in [0.717, 1.165) is 0 Å². The van der Waals surface area contributed by atoms with Gasteiger partial charge in [-0.2, -0.15) is 0 Å². The molecule has 1 aromatic rings. The predicted octanol–water partition coefficient (Wildman–Crippen LogP) is 0.962. The number of nitrogens with zero attached hydrogens (tertiary/aromatic N) is 1. The smallest absolute Gasteiger partial charge is 0.426 e. The maximum atomic E-state index is 11.6. The highest BCUT2D eigenvalue weighted by Crippen LogP contribution is 2.19. The molecule has 0 unspecified atom stereocenters. The normalized spacial score (nSPS) is 14.8. The lowest BCUT2D eigenvalue weighted by molar-refractivity contribution is 0.0515. The molecule has 1 aromatic heterocycles. The summed E-state index contributed by atoms with van der Waals surface area (Å²) in [6, 6.07) is 1.65. The molecule has 1 aliphatic rings. The van der Waals surface area contributed by atoms with Gasteiger partial charge in [0, 0.05) is 6.20 Å². The predicted molar refractivity (Wildman–Crippen MR) is 65.0 cm³/mol. The van der Waals surface area contributed by atoms with Gasteiger partial charge in [-0.25, -0.2) is 15.2 Å². The molecule has 0 aromatic carbocycles. The number of carbonyl (C=O) groups excluding carboxylic acids is 2. The van der Waals surface area contributed by atoms with Crippen molar-refractivity contribution in [3.8, 4) is 0 Å². The van der Waals surface area contributed by atoms with Crippen LogP contribution in [-0.4, -0.2) is 29.3 Å². The minimum absolute atomic E-state index is 0.173. The van der Waals surface area contributed by atoms with Crippen LogP contribution in [-0.2, 0) is 4.74 Å². The van der Waals surface area contributed by atoms with Gasteiger partial charge in [-0.1, -0.05) is 0 Å². The fourth-order valence-electron chi connectivity index (χ4n) is 1.60. The highest BCUT2D eigenvalue weighted by Gasteiger charge is 2.26. The topological polar surface area (TPSA) is 86.5 Å². The van der Waals surface area contributed by atoms with E-state index in [1.54, 1.807) is 33.0 Å². The first kappa shape index (κ1) is 12.3. The summed E-state index contributed by atoms with van der Waals surface area (Å²) in [5.41, 5.74) is 2.48. The van der Waals surface area contributed by atoms with Gasteiger partial charge in [0.05, 0.1) is 5.56 Å². The molecule has 7 heteroatoms. The number of amides is 2. The van der Waals surface area contributed by atoms with E-state index in [4.69, 9.17) is 4.74 Å². The largest absolute Gasteiger partial charge is 0.443 e. The molecule has 0 saturated heterocycles. The molecule has 98 valence electrons. The highest BCUT2D eigenvalue weighted by molar-refractivity contribution is 6.01.